The number of ether oxygens (including phenoxy) is 1. The molecular formula is C14H17FN2OS. The van der Waals surface area contributed by atoms with Crippen LogP contribution in [0.5, 0.6) is 5.75 Å². The van der Waals surface area contributed by atoms with Crippen LogP contribution in [-0.4, -0.2) is 12.1 Å². The molecule has 102 valence electrons. The predicted octanol–water partition coefficient (Wildman–Crippen LogP) is 3.45. The monoisotopic (exact) mass is 280 g/mol. The molecule has 0 aliphatic rings. The van der Waals surface area contributed by atoms with Crippen molar-refractivity contribution in [3.8, 4) is 5.75 Å². The van der Waals surface area contributed by atoms with Crippen LogP contribution in [0, 0.1) is 12.7 Å². The van der Waals surface area contributed by atoms with Gasteiger partial charge in [-0.2, -0.15) is 0 Å². The lowest BCUT2D eigenvalue weighted by molar-refractivity contribution is 0.393. The molecule has 0 spiro atoms. The van der Waals surface area contributed by atoms with E-state index in [2.05, 4.69) is 10.3 Å². The average molecular weight is 280 g/mol. The second kappa shape index (κ2) is 6.12. The smallest absolute Gasteiger partial charge is 0.131 e. The molecule has 0 aliphatic heterocycles. The number of halogens is 1. The largest absolute Gasteiger partial charge is 0.496 e. The van der Waals surface area contributed by atoms with Gasteiger partial charge in [-0.15, -0.1) is 11.3 Å². The second-order valence-electron chi connectivity index (χ2n) is 4.32. The SMILES string of the molecule is COc1cccc(F)c1C(C)NCc1ncc(C)s1. The zero-order chi connectivity index (χ0) is 13.8. The number of nitrogens with one attached hydrogen (secondary N) is 1. The predicted molar refractivity (Wildman–Crippen MR) is 75.1 cm³/mol. The lowest BCUT2D eigenvalue weighted by Gasteiger charge is -2.17. The number of rotatable bonds is 5. The van der Waals surface area contributed by atoms with Gasteiger partial charge in [-0.1, -0.05) is 6.07 Å². The van der Waals surface area contributed by atoms with Gasteiger partial charge in [0.25, 0.3) is 0 Å². The van der Waals surface area contributed by atoms with Gasteiger partial charge in [0.05, 0.1) is 7.11 Å². The van der Waals surface area contributed by atoms with Crippen molar-refractivity contribution >= 4 is 11.3 Å². The molecule has 0 bridgehead atoms. The van der Waals surface area contributed by atoms with Crippen molar-refractivity contribution in [2.45, 2.75) is 26.4 Å². The molecule has 0 aliphatic carbocycles. The fraction of sp³-hybridized carbons (Fsp3) is 0.357. The number of benzene rings is 1. The maximum Gasteiger partial charge on any atom is 0.131 e. The normalized spacial score (nSPS) is 12.4. The molecule has 19 heavy (non-hydrogen) atoms. The first-order chi connectivity index (χ1) is 9.11. The molecule has 2 rings (SSSR count). The number of aryl methyl sites for hydroxylation is 1. The number of hydrogen-bond donors (Lipinski definition) is 1. The van der Waals surface area contributed by atoms with Gasteiger partial charge in [0.1, 0.15) is 16.6 Å². The van der Waals surface area contributed by atoms with E-state index in [1.807, 2.05) is 20.0 Å². The summed E-state index contributed by atoms with van der Waals surface area (Å²) in [5.41, 5.74) is 0.554. The molecule has 0 saturated carbocycles. The van der Waals surface area contributed by atoms with E-state index in [4.69, 9.17) is 4.74 Å². The number of hydrogen-bond acceptors (Lipinski definition) is 4. The Kier molecular flexibility index (Phi) is 4.50. The van der Waals surface area contributed by atoms with Crippen molar-refractivity contribution in [2.24, 2.45) is 0 Å². The van der Waals surface area contributed by atoms with E-state index in [-0.39, 0.29) is 11.9 Å². The maximum absolute atomic E-state index is 13.9. The number of nitrogens with zero attached hydrogens (tertiary/aromatic N) is 1. The Morgan fingerprint density at radius 1 is 1.47 bits per heavy atom. The Bertz CT molecular complexity index is 556. The molecule has 1 unspecified atom stereocenters. The Morgan fingerprint density at radius 3 is 2.89 bits per heavy atom. The van der Waals surface area contributed by atoms with Gasteiger partial charge < -0.3 is 10.1 Å². The Balaban J connectivity index is 2.09. The molecular weight excluding hydrogens is 263 g/mol. The highest BCUT2D eigenvalue weighted by Gasteiger charge is 2.16. The molecule has 1 atom stereocenters. The van der Waals surface area contributed by atoms with Crippen molar-refractivity contribution in [3.63, 3.8) is 0 Å². The molecule has 0 amide bonds. The quantitative estimate of drug-likeness (QED) is 0.911. The molecule has 5 heteroatoms. The zero-order valence-corrected chi connectivity index (χ0v) is 12.1. The van der Waals surface area contributed by atoms with Crippen molar-refractivity contribution in [1.29, 1.82) is 0 Å². The molecule has 1 aromatic carbocycles. The van der Waals surface area contributed by atoms with Gasteiger partial charge >= 0.3 is 0 Å². The highest BCUT2D eigenvalue weighted by molar-refractivity contribution is 7.11. The maximum atomic E-state index is 13.9. The van der Waals surface area contributed by atoms with Crippen molar-refractivity contribution in [2.75, 3.05) is 7.11 Å². The third-order valence-electron chi connectivity index (χ3n) is 2.89. The molecule has 2 aromatic rings. The Hall–Kier alpha value is -1.46. The summed E-state index contributed by atoms with van der Waals surface area (Å²) < 4.78 is 19.1. The van der Waals surface area contributed by atoms with E-state index in [1.165, 1.54) is 10.9 Å². The molecule has 1 N–H and O–H groups in total. The van der Waals surface area contributed by atoms with Gasteiger partial charge in [0.2, 0.25) is 0 Å². The third-order valence-corrected chi connectivity index (χ3v) is 3.81. The van der Waals surface area contributed by atoms with Gasteiger partial charge in [-0.3, -0.25) is 0 Å². The first-order valence-electron chi connectivity index (χ1n) is 6.09. The van der Waals surface area contributed by atoms with Crippen LogP contribution in [0.2, 0.25) is 0 Å². The van der Waals surface area contributed by atoms with Crippen LogP contribution >= 0.6 is 11.3 Å². The Morgan fingerprint density at radius 2 is 2.26 bits per heavy atom. The first kappa shape index (κ1) is 14.0. The first-order valence-corrected chi connectivity index (χ1v) is 6.90. The van der Waals surface area contributed by atoms with E-state index in [9.17, 15) is 4.39 Å². The highest BCUT2D eigenvalue weighted by atomic mass is 32.1. The molecule has 1 heterocycles. The minimum absolute atomic E-state index is 0.139. The van der Waals surface area contributed by atoms with Crippen molar-refractivity contribution in [3.05, 3.63) is 45.7 Å². The van der Waals surface area contributed by atoms with Crippen molar-refractivity contribution < 1.29 is 9.13 Å². The average Bonchev–Trinajstić information content (AvgIpc) is 2.81. The summed E-state index contributed by atoms with van der Waals surface area (Å²) in [5, 5.41) is 4.27. The lowest BCUT2D eigenvalue weighted by Crippen LogP contribution is -2.19. The van der Waals surface area contributed by atoms with E-state index >= 15 is 0 Å². The van der Waals surface area contributed by atoms with Gasteiger partial charge in [0, 0.05) is 29.2 Å². The summed E-state index contributed by atoms with van der Waals surface area (Å²) in [5.74, 6) is 0.310. The molecule has 0 radical (unpaired) electrons. The molecule has 1 aromatic heterocycles. The van der Waals surface area contributed by atoms with E-state index < -0.39 is 0 Å². The van der Waals surface area contributed by atoms with Crippen molar-refractivity contribution in [1.82, 2.24) is 10.3 Å². The summed E-state index contributed by atoms with van der Waals surface area (Å²) in [6.45, 7) is 4.56. The number of aromatic nitrogens is 1. The van der Waals surface area contributed by atoms with Crippen LogP contribution in [0.3, 0.4) is 0 Å². The summed E-state index contributed by atoms with van der Waals surface area (Å²) in [6.07, 6.45) is 1.84. The Labute approximate surface area is 116 Å². The zero-order valence-electron chi connectivity index (χ0n) is 11.2. The topological polar surface area (TPSA) is 34.1 Å². The van der Waals surface area contributed by atoms with E-state index in [1.54, 1.807) is 30.6 Å². The van der Waals surface area contributed by atoms with Crippen LogP contribution in [0.15, 0.2) is 24.4 Å². The standard InChI is InChI=1S/C14H17FN2OS/c1-9-7-17-13(19-9)8-16-10(2)14-11(15)5-4-6-12(14)18-3/h4-7,10,16H,8H2,1-3H3. The molecule has 3 nitrogen and oxygen atoms in total. The van der Waals surface area contributed by atoms with Crippen LogP contribution < -0.4 is 10.1 Å². The van der Waals surface area contributed by atoms with E-state index in [0.717, 1.165) is 5.01 Å². The lowest BCUT2D eigenvalue weighted by atomic mass is 10.1. The summed E-state index contributed by atoms with van der Waals surface area (Å²) in [7, 11) is 1.55. The second-order valence-corrected chi connectivity index (χ2v) is 5.64. The van der Waals surface area contributed by atoms with Crippen LogP contribution in [0.25, 0.3) is 0 Å². The van der Waals surface area contributed by atoms with Gasteiger partial charge in [-0.25, -0.2) is 9.37 Å². The van der Waals surface area contributed by atoms with Crippen LogP contribution in [0.4, 0.5) is 4.39 Å². The highest BCUT2D eigenvalue weighted by Crippen LogP contribution is 2.27. The minimum Gasteiger partial charge on any atom is -0.496 e. The molecule has 0 fully saturated rings. The summed E-state index contributed by atoms with van der Waals surface area (Å²) in [6, 6.07) is 4.72. The molecule has 0 saturated heterocycles. The van der Waals surface area contributed by atoms with Crippen LogP contribution in [0.1, 0.15) is 28.4 Å². The van der Waals surface area contributed by atoms with Crippen LogP contribution in [-0.2, 0) is 6.54 Å². The fourth-order valence-electron chi connectivity index (χ4n) is 1.94. The number of thiazole rings is 1. The van der Waals surface area contributed by atoms with Gasteiger partial charge in [0.15, 0.2) is 0 Å². The minimum atomic E-state index is -0.255. The third kappa shape index (κ3) is 3.30. The van der Waals surface area contributed by atoms with E-state index in [0.29, 0.717) is 17.9 Å². The van der Waals surface area contributed by atoms with Gasteiger partial charge in [-0.05, 0) is 26.0 Å². The number of methoxy groups -OCH3 is 1. The summed E-state index contributed by atoms with van der Waals surface area (Å²) in [4.78, 5) is 5.45. The summed E-state index contributed by atoms with van der Waals surface area (Å²) >= 11 is 1.64. The fourth-order valence-corrected chi connectivity index (χ4v) is 2.68.